The second-order valence-electron chi connectivity index (χ2n) is 3.21. The van der Waals surface area contributed by atoms with E-state index >= 15 is 0 Å². The van der Waals surface area contributed by atoms with Gasteiger partial charge in [-0.25, -0.2) is 8.42 Å². The minimum absolute atomic E-state index is 0.00324. The molecule has 2 unspecified atom stereocenters. The first-order chi connectivity index (χ1) is 5.96. The summed E-state index contributed by atoms with van der Waals surface area (Å²) in [6.07, 6.45) is 0.457. The molecule has 0 radical (unpaired) electrons. The fourth-order valence-corrected chi connectivity index (χ4v) is 3.29. The van der Waals surface area contributed by atoms with Gasteiger partial charge in [-0.05, 0) is 12.3 Å². The van der Waals surface area contributed by atoms with Gasteiger partial charge in [-0.15, -0.1) is 0 Å². The van der Waals surface area contributed by atoms with Gasteiger partial charge >= 0.3 is 5.97 Å². The van der Waals surface area contributed by atoms with Crippen molar-refractivity contribution in [3.63, 3.8) is 0 Å². The van der Waals surface area contributed by atoms with E-state index < -0.39 is 21.8 Å². The highest BCUT2D eigenvalue weighted by molar-refractivity contribution is 7.91. The van der Waals surface area contributed by atoms with E-state index in [-0.39, 0.29) is 17.4 Å². The Morgan fingerprint density at radius 3 is 2.62 bits per heavy atom. The smallest absolute Gasteiger partial charge is 0.322 e. The average Bonchev–Trinajstić information content (AvgIpc) is 2.43. The number of rotatable bonds is 2. The summed E-state index contributed by atoms with van der Waals surface area (Å²) < 4.78 is 26.5. The highest BCUT2D eigenvalue weighted by atomic mass is 32.2. The van der Waals surface area contributed by atoms with Crippen molar-refractivity contribution in [1.82, 2.24) is 0 Å². The fraction of sp³-hybridized carbons (Fsp3) is 0.857. The van der Waals surface area contributed by atoms with Gasteiger partial charge in [0.1, 0.15) is 6.04 Å². The number of sulfone groups is 1. The summed E-state index contributed by atoms with van der Waals surface area (Å²) in [7, 11) is -1.73. The fourth-order valence-electron chi connectivity index (χ4n) is 1.44. The summed E-state index contributed by atoms with van der Waals surface area (Å²) in [6.45, 7) is 0. The molecule has 0 aliphatic carbocycles. The molecule has 2 atom stereocenters. The van der Waals surface area contributed by atoms with Gasteiger partial charge in [0, 0.05) is 0 Å². The lowest BCUT2D eigenvalue weighted by molar-refractivity contribution is -0.143. The van der Waals surface area contributed by atoms with Crippen LogP contribution in [0.15, 0.2) is 0 Å². The van der Waals surface area contributed by atoms with Crippen molar-refractivity contribution in [2.24, 2.45) is 11.7 Å². The Labute approximate surface area is 77.2 Å². The number of methoxy groups -OCH3 is 1. The van der Waals surface area contributed by atoms with E-state index in [0.29, 0.717) is 6.42 Å². The Balaban J connectivity index is 2.61. The molecule has 76 valence electrons. The average molecular weight is 207 g/mol. The van der Waals surface area contributed by atoms with Crippen molar-refractivity contribution >= 4 is 15.8 Å². The highest BCUT2D eigenvalue weighted by Crippen LogP contribution is 2.21. The van der Waals surface area contributed by atoms with Crippen LogP contribution in [0, 0.1) is 5.92 Å². The van der Waals surface area contributed by atoms with Crippen molar-refractivity contribution < 1.29 is 17.9 Å². The molecule has 0 bridgehead atoms. The molecule has 0 aromatic heterocycles. The second-order valence-corrected chi connectivity index (χ2v) is 5.44. The van der Waals surface area contributed by atoms with Gasteiger partial charge in [0.15, 0.2) is 9.84 Å². The third-order valence-corrected chi connectivity index (χ3v) is 4.04. The number of ether oxygens (including phenoxy) is 1. The molecule has 0 amide bonds. The van der Waals surface area contributed by atoms with Crippen molar-refractivity contribution in [2.45, 2.75) is 12.5 Å². The molecule has 5 nitrogen and oxygen atoms in total. The molecular formula is C7H13NO4S. The van der Waals surface area contributed by atoms with Gasteiger partial charge in [-0.3, -0.25) is 4.79 Å². The number of carbonyl (C=O) groups is 1. The lowest BCUT2D eigenvalue weighted by Crippen LogP contribution is -2.39. The Bertz CT molecular complexity index is 298. The summed E-state index contributed by atoms with van der Waals surface area (Å²) in [5.41, 5.74) is 5.52. The first-order valence-corrected chi connectivity index (χ1v) is 5.82. The maximum absolute atomic E-state index is 11.0. The predicted molar refractivity (Wildman–Crippen MR) is 46.8 cm³/mol. The van der Waals surface area contributed by atoms with Crippen molar-refractivity contribution in [3.8, 4) is 0 Å². The zero-order valence-corrected chi connectivity index (χ0v) is 8.21. The van der Waals surface area contributed by atoms with Crippen molar-refractivity contribution in [3.05, 3.63) is 0 Å². The Morgan fingerprint density at radius 1 is 1.62 bits per heavy atom. The summed E-state index contributed by atoms with van der Waals surface area (Å²) >= 11 is 0. The van der Waals surface area contributed by atoms with Crippen LogP contribution in [-0.2, 0) is 19.4 Å². The second kappa shape index (κ2) is 3.63. The van der Waals surface area contributed by atoms with Crippen LogP contribution in [0.2, 0.25) is 0 Å². The quantitative estimate of drug-likeness (QED) is 0.582. The Hall–Kier alpha value is -0.620. The molecule has 0 aromatic carbocycles. The molecule has 13 heavy (non-hydrogen) atoms. The van der Waals surface area contributed by atoms with E-state index in [4.69, 9.17) is 5.73 Å². The zero-order valence-electron chi connectivity index (χ0n) is 7.39. The number of hydrogen-bond donors (Lipinski definition) is 1. The van der Waals surface area contributed by atoms with E-state index in [1.54, 1.807) is 0 Å². The first-order valence-electron chi connectivity index (χ1n) is 4.00. The van der Waals surface area contributed by atoms with Gasteiger partial charge in [0.05, 0.1) is 18.6 Å². The standard InChI is InChI=1S/C7H13NO4S/c1-12-7(9)6(8)5-2-3-13(10,11)4-5/h5-6H,2-4,8H2,1H3. The molecule has 1 heterocycles. The third-order valence-electron chi connectivity index (χ3n) is 2.25. The van der Waals surface area contributed by atoms with Crippen LogP contribution in [-0.4, -0.2) is 39.0 Å². The van der Waals surface area contributed by atoms with Crippen molar-refractivity contribution in [1.29, 1.82) is 0 Å². The SMILES string of the molecule is COC(=O)C(N)C1CCS(=O)(=O)C1. The van der Waals surface area contributed by atoms with Crippen LogP contribution in [0.3, 0.4) is 0 Å². The molecule has 1 rings (SSSR count). The monoisotopic (exact) mass is 207 g/mol. The molecule has 0 saturated carbocycles. The number of esters is 1. The lowest BCUT2D eigenvalue weighted by atomic mass is 10.0. The molecule has 1 saturated heterocycles. The Morgan fingerprint density at radius 2 is 2.23 bits per heavy atom. The van der Waals surface area contributed by atoms with E-state index in [1.165, 1.54) is 7.11 Å². The normalized spacial score (nSPS) is 28.3. The first kappa shape index (κ1) is 10.5. The van der Waals surface area contributed by atoms with E-state index in [9.17, 15) is 13.2 Å². The van der Waals surface area contributed by atoms with Crippen LogP contribution in [0.25, 0.3) is 0 Å². The van der Waals surface area contributed by atoms with Gasteiger partial charge in [-0.1, -0.05) is 0 Å². The molecule has 1 aliphatic rings. The zero-order chi connectivity index (χ0) is 10.1. The molecule has 0 aromatic rings. The molecule has 2 N–H and O–H groups in total. The summed E-state index contributed by atoms with van der Waals surface area (Å²) in [6, 6.07) is -0.803. The number of hydrogen-bond acceptors (Lipinski definition) is 5. The van der Waals surface area contributed by atoms with Crippen LogP contribution in [0.1, 0.15) is 6.42 Å². The number of carbonyl (C=O) groups excluding carboxylic acids is 1. The maximum Gasteiger partial charge on any atom is 0.322 e. The van der Waals surface area contributed by atoms with Crippen LogP contribution in [0.4, 0.5) is 0 Å². The molecule has 1 aliphatic heterocycles. The maximum atomic E-state index is 11.0. The van der Waals surface area contributed by atoms with E-state index in [0.717, 1.165) is 0 Å². The summed E-state index contributed by atoms with van der Waals surface area (Å²) in [5.74, 6) is -0.689. The molecule has 1 fully saturated rings. The summed E-state index contributed by atoms with van der Waals surface area (Å²) in [4.78, 5) is 11.0. The van der Waals surface area contributed by atoms with Crippen LogP contribution in [0.5, 0.6) is 0 Å². The molecular weight excluding hydrogens is 194 g/mol. The lowest BCUT2D eigenvalue weighted by Gasteiger charge is -2.14. The van der Waals surface area contributed by atoms with E-state index in [1.807, 2.05) is 0 Å². The van der Waals surface area contributed by atoms with Gasteiger partial charge in [0.2, 0.25) is 0 Å². The molecule has 6 heteroatoms. The minimum Gasteiger partial charge on any atom is -0.468 e. The molecule has 0 spiro atoms. The van der Waals surface area contributed by atoms with Crippen LogP contribution < -0.4 is 5.73 Å². The predicted octanol–water partition coefficient (Wildman–Crippen LogP) is -1.08. The topological polar surface area (TPSA) is 86.5 Å². The highest BCUT2D eigenvalue weighted by Gasteiger charge is 2.35. The van der Waals surface area contributed by atoms with E-state index in [2.05, 4.69) is 4.74 Å². The third kappa shape index (κ3) is 2.41. The largest absolute Gasteiger partial charge is 0.468 e. The van der Waals surface area contributed by atoms with Crippen LogP contribution >= 0.6 is 0 Å². The minimum atomic E-state index is -2.97. The van der Waals surface area contributed by atoms with Gasteiger partial charge in [0.25, 0.3) is 0 Å². The number of nitrogens with two attached hydrogens (primary N) is 1. The Kier molecular flexibility index (Phi) is 2.92. The van der Waals surface area contributed by atoms with Gasteiger partial charge in [-0.2, -0.15) is 0 Å². The van der Waals surface area contributed by atoms with Gasteiger partial charge < -0.3 is 10.5 Å². The van der Waals surface area contributed by atoms with Crippen molar-refractivity contribution in [2.75, 3.05) is 18.6 Å². The summed E-state index contributed by atoms with van der Waals surface area (Å²) in [5, 5.41) is 0.